The minimum atomic E-state index is -3.54. The molecule has 0 fully saturated rings. The van der Waals surface area contributed by atoms with Crippen molar-refractivity contribution in [1.29, 1.82) is 0 Å². The molecule has 0 radical (unpaired) electrons. The Morgan fingerprint density at radius 3 is 2.70 bits per heavy atom. The van der Waals surface area contributed by atoms with Gasteiger partial charge in [-0.15, -0.1) is 11.6 Å². The number of halogens is 1. The monoisotopic (exact) mass is 319 g/mol. The van der Waals surface area contributed by atoms with Crippen molar-refractivity contribution in [2.45, 2.75) is 30.0 Å². The van der Waals surface area contributed by atoms with E-state index >= 15 is 0 Å². The quantitative estimate of drug-likeness (QED) is 0.816. The van der Waals surface area contributed by atoms with E-state index in [0.29, 0.717) is 37.7 Å². The van der Waals surface area contributed by atoms with Crippen molar-refractivity contribution in [2.75, 3.05) is 19.8 Å². The first kappa shape index (κ1) is 15.4. The molecule has 1 aliphatic rings. The van der Waals surface area contributed by atoms with Crippen molar-refractivity contribution in [3.63, 3.8) is 0 Å². The number of sulfonamides is 1. The summed E-state index contributed by atoms with van der Waals surface area (Å²) in [5.41, 5.74) is 0. The van der Waals surface area contributed by atoms with Crippen LogP contribution in [0, 0.1) is 0 Å². The summed E-state index contributed by atoms with van der Waals surface area (Å²) in [4.78, 5) is 0.171. The average Bonchev–Trinajstić information content (AvgIpc) is 2.46. The molecule has 1 atom stereocenters. The Kier molecular flexibility index (Phi) is 5.12. The van der Waals surface area contributed by atoms with Gasteiger partial charge in [-0.3, -0.25) is 0 Å². The Morgan fingerprint density at radius 1 is 1.30 bits per heavy atom. The van der Waals surface area contributed by atoms with Crippen LogP contribution in [0.1, 0.15) is 19.8 Å². The van der Waals surface area contributed by atoms with E-state index in [-0.39, 0.29) is 10.3 Å². The average molecular weight is 320 g/mol. The van der Waals surface area contributed by atoms with E-state index in [1.54, 1.807) is 6.07 Å². The number of ether oxygens (including phenoxy) is 2. The number of fused-ring (bicyclic) bond motifs is 1. The number of nitrogens with one attached hydrogen (secondary N) is 1. The van der Waals surface area contributed by atoms with E-state index in [1.807, 2.05) is 6.92 Å². The highest BCUT2D eigenvalue weighted by Crippen LogP contribution is 2.32. The van der Waals surface area contributed by atoms with E-state index in [9.17, 15) is 8.42 Å². The van der Waals surface area contributed by atoms with Crippen LogP contribution in [-0.2, 0) is 10.0 Å². The van der Waals surface area contributed by atoms with Crippen LogP contribution in [0.25, 0.3) is 0 Å². The summed E-state index contributed by atoms with van der Waals surface area (Å²) in [5, 5.41) is -0.0158. The lowest BCUT2D eigenvalue weighted by Crippen LogP contribution is -2.26. The van der Waals surface area contributed by atoms with Gasteiger partial charge < -0.3 is 9.47 Å². The zero-order chi connectivity index (χ0) is 14.6. The summed E-state index contributed by atoms with van der Waals surface area (Å²) in [7, 11) is -3.54. The van der Waals surface area contributed by atoms with Crippen LogP contribution in [0.2, 0.25) is 0 Å². The fraction of sp³-hybridized carbons (Fsp3) is 0.538. The van der Waals surface area contributed by atoms with Gasteiger partial charge in [0, 0.05) is 18.0 Å². The predicted molar refractivity (Wildman–Crippen MR) is 77.2 cm³/mol. The summed E-state index contributed by atoms with van der Waals surface area (Å²) in [5.74, 6) is 1.03. The molecule has 1 unspecified atom stereocenters. The smallest absolute Gasteiger partial charge is 0.240 e. The zero-order valence-corrected chi connectivity index (χ0v) is 12.8. The summed E-state index contributed by atoms with van der Waals surface area (Å²) in [6.07, 6.45) is 1.41. The lowest BCUT2D eigenvalue weighted by atomic mass is 10.2. The van der Waals surface area contributed by atoms with Crippen LogP contribution >= 0.6 is 11.6 Å². The van der Waals surface area contributed by atoms with Crippen LogP contribution in [0.4, 0.5) is 0 Å². The second kappa shape index (κ2) is 6.65. The Labute approximate surface area is 124 Å². The van der Waals surface area contributed by atoms with E-state index in [4.69, 9.17) is 21.1 Å². The van der Waals surface area contributed by atoms with Crippen molar-refractivity contribution >= 4 is 21.6 Å². The Morgan fingerprint density at radius 2 is 2.00 bits per heavy atom. The van der Waals surface area contributed by atoms with E-state index in [1.165, 1.54) is 12.1 Å². The molecule has 1 heterocycles. The van der Waals surface area contributed by atoms with Gasteiger partial charge in [0.2, 0.25) is 10.0 Å². The molecule has 2 rings (SSSR count). The van der Waals surface area contributed by atoms with E-state index in [0.717, 1.165) is 6.42 Å². The van der Waals surface area contributed by atoms with E-state index < -0.39 is 10.0 Å². The molecule has 0 spiro atoms. The summed E-state index contributed by atoms with van der Waals surface area (Å²) in [6, 6.07) is 4.60. The SMILES string of the molecule is CCC(Cl)CCNS(=O)(=O)c1ccc2c(c1)OCCO2. The van der Waals surface area contributed by atoms with Gasteiger partial charge in [0.05, 0.1) is 4.90 Å². The minimum absolute atomic E-state index is 0.0158. The molecule has 1 aliphatic heterocycles. The highest BCUT2D eigenvalue weighted by molar-refractivity contribution is 7.89. The third kappa shape index (κ3) is 3.77. The molecule has 1 aromatic rings. The molecule has 20 heavy (non-hydrogen) atoms. The Balaban J connectivity index is 2.05. The van der Waals surface area contributed by atoms with Crippen molar-refractivity contribution in [3.8, 4) is 11.5 Å². The summed E-state index contributed by atoms with van der Waals surface area (Å²) >= 11 is 5.96. The second-order valence-electron chi connectivity index (χ2n) is 4.50. The third-order valence-corrected chi connectivity index (χ3v) is 5.00. The molecule has 0 bridgehead atoms. The van der Waals surface area contributed by atoms with Crippen molar-refractivity contribution in [2.24, 2.45) is 0 Å². The van der Waals surface area contributed by atoms with Gasteiger partial charge in [0.1, 0.15) is 13.2 Å². The van der Waals surface area contributed by atoms with Crippen molar-refractivity contribution in [3.05, 3.63) is 18.2 Å². The van der Waals surface area contributed by atoms with Gasteiger partial charge in [-0.05, 0) is 25.0 Å². The molecule has 0 saturated carbocycles. The van der Waals surface area contributed by atoms with Crippen molar-refractivity contribution in [1.82, 2.24) is 4.72 Å². The zero-order valence-electron chi connectivity index (χ0n) is 11.3. The first-order chi connectivity index (χ1) is 9.53. The van der Waals surface area contributed by atoms with E-state index in [2.05, 4.69) is 4.72 Å². The van der Waals surface area contributed by atoms with Crippen LogP contribution < -0.4 is 14.2 Å². The molecule has 0 aromatic heterocycles. The number of hydrogen-bond donors (Lipinski definition) is 1. The molecule has 112 valence electrons. The lowest BCUT2D eigenvalue weighted by Gasteiger charge is -2.19. The van der Waals surface area contributed by atoms with Gasteiger partial charge >= 0.3 is 0 Å². The molecule has 0 amide bonds. The molecule has 1 N–H and O–H groups in total. The predicted octanol–water partition coefficient (Wildman–Crippen LogP) is 2.14. The van der Waals surface area contributed by atoms with Crippen LogP contribution in [-0.4, -0.2) is 33.6 Å². The summed E-state index contributed by atoms with van der Waals surface area (Å²) in [6.45, 7) is 3.19. The molecule has 1 aromatic carbocycles. The molecule has 0 saturated heterocycles. The summed E-state index contributed by atoms with van der Waals surface area (Å²) < 4.78 is 37.6. The maximum atomic E-state index is 12.1. The Hall–Kier alpha value is -0.980. The standard InChI is InChI=1S/C13H18ClNO4S/c1-2-10(14)5-6-15-20(16,17)11-3-4-12-13(9-11)19-8-7-18-12/h3-4,9-10,15H,2,5-8H2,1H3. The third-order valence-electron chi connectivity index (χ3n) is 3.02. The van der Waals surface area contributed by atoms with Gasteiger partial charge in [-0.25, -0.2) is 13.1 Å². The fourth-order valence-corrected chi connectivity index (χ4v) is 3.00. The second-order valence-corrected chi connectivity index (χ2v) is 6.88. The minimum Gasteiger partial charge on any atom is -0.486 e. The fourth-order valence-electron chi connectivity index (χ4n) is 1.83. The highest BCUT2D eigenvalue weighted by atomic mass is 35.5. The topological polar surface area (TPSA) is 64.6 Å². The van der Waals surface area contributed by atoms with Gasteiger partial charge in [-0.2, -0.15) is 0 Å². The Bertz CT molecular complexity index is 561. The van der Waals surface area contributed by atoms with Crippen molar-refractivity contribution < 1.29 is 17.9 Å². The number of rotatable bonds is 6. The van der Waals surface area contributed by atoms with Crippen LogP contribution in [0.15, 0.2) is 23.1 Å². The van der Waals surface area contributed by atoms with Gasteiger partial charge in [-0.1, -0.05) is 6.92 Å². The maximum Gasteiger partial charge on any atom is 0.240 e. The largest absolute Gasteiger partial charge is 0.486 e. The first-order valence-electron chi connectivity index (χ1n) is 6.56. The highest BCUT2D eigenvalue weighted by Gasteiger charge is 2.19. The molecule has 5 nitrogen and oxygen atoms in total. The van der Waals surface area contributed by atoms with Crippen LogP contribution in [0.3, 0.4) is 0 Å². The molecule has 0 aliphatic carbocycles. The normalized spacial score (nSPS) is 15.9. The van der Waals surface area contributed by atoms with Gasteiger partial charge in [0.25, 0.3) is 0 Å². The lowest BCUT2D eigenvalue weighted by molar-refractivity contribution is 0.171. The maximum absolute atomic E-state index is 12.1. The number of alkyl halides is 1. The van der Waals surface area contributed by atoms with Crippen LogP contribution in [0.5, 0.6) is 11.5 Å². The first-order valence-corrected chi connectivity index (χ1v) is 8.48. The molecule has 7 heteroatoms. The number of hydrogen-bond acceptors (Lipinski definition) is 4. The van der Waals surface area contributed by atoms with Gasteiger partial charge in [0.15, 0.2) is 11.5 Å². The number of benzene rings is 1. The molecular weight excluding hydrogens is 302 g/mol. The molecular formula is C13H18ClNO4S.